The van der Waals surface area contributed by atoms with E-state index < -0.39 is 45.3 Å². The summed E-state index contributed by atoms with van der Waals surface area (Å²) in [4.78, 5) is 41.6. The molecule has 0 amide bonds. The molecule has 32 heavy (non-hydrogen) atoms. The number of aromatic nitrogens is 1. The van der Waals surface area contributed by atoms with Crippen molar-refractivity contribution in [3.05, 3.63) is 48.3 Å². The van der Waals surface area contributed by atoms with Gasteiger partial charge in [-0.15, -0.1) is 11.8 Å². The molecule has 1 aliphatic heterocycles. The summed E-state index contributed by atoms with van der Waals surface area (Å²) in [6.07, 6.45) is 1.67. The predicted molar refractivity (Wildman–Crippen MR) is 118 cm³/mol. The van der Waals surface area contributed by atoms with Crippen LogP contribution in [0.15, 0.2) is 42.6 Å². The molecule has 1 saturated heterocycles. The van der Waals surface area contributed by atoms with Crippen molar-refractivity contribution < 1.29 is 34.4 Å². The second-order valence-corrected chi connectivity index (χ2v) is 8.98. The number of carbonyl (C=O) groups is 3. The number of Topliss-reactive ketones (excluding diaryl/α,β-unsaturated/α-hetero) is 3. The molecule has 1 aromatic carbocycles. The number of aliphatic hydroxyl groups is 3. The van der Waals surface area contributed by atoms with E-state index in [9.17, 15) is 29.7 Å². The van der Waals surface area contributed by atoms with E-state index in [4.69, 9.17) is 4.74 Å². The highest BCUT2D eigenvalue weighted by Crippen LogP contribution is 2.49. The first-order valence-corrected chi connectivity index (χ1v) is 10.9. The Bertz CT molecular complexity index is 1090. The van der Waals surface area contributed by atoms with E-state index >= 15 is 0 Å². The molecule has 3 N–H and O–H groups in total. The highest BCUT2D eigenvalue weighted by molar-refractivity contribution is 8.00. The Kier molecular flexibility index (Phi) is 6.32. The molecule has 0 spiro atoms. The SMILES string of the molecule is CC(=O)[C@]1(O)[C@@](O)(C(C)=O)CS[C@H](Oc2cccc(-c3cccnc3C)c2)[C@@]1(O)C(C)=O. The largest absolute Gasteiger partial charge is 0.476 e. The number of ether oxygens (including phenoxy) is 1. The smallest absolute Gasteiger partial charge is 0.208 e. The lowest BCUT2D eigenvalue weighted by Crippen LogP contribution is -2.82. The third-order valence-electron chi connectivity index (χ3n) is 5.96. The molecule has 0 radical (unpaired) electrons. The third-order valence-corrected chi connectivity index (χ3v) is 7.28. The van der Waals surface area contributed by atoms with Gasteiger partial charge in [-0.25, -0.2) is 0 Å². The van der Waals surface area contributed by atoms with E-state index in [0.29, 0.717) is 0 Å². The Hall–Kier alpha value is -2.59. The minimum Gasteiger partial charge on any atom is -0.476 e. The Balaban J connectivity index is 2.07. The van der Waals surface area contributed by atoms with Crippen LogP contribution in [-0.2, 0) is 14.4 Å². The minimum absolute atomic E-state index is 0.252. The zero-order chi connectivity index (χ0) is 23.9. The van der Waals surface area contributed by atoms with E-state index in [1.807, 2.05) is 19.1 Å². The second kappa shape index (κ2) is 8.40. The van der Waals surface area contributed by atoms with Gasteiger partial charge in [-0.05, 0) is 51.5 Å². The van der Waals surface area contributed by atoms with Gasteiger partial charge in [0.2, 0.25) is 5.60 Å². The lowest BCUT2D eigenvalue weighted by atomic mass is 9.65. The predicted octanol–water partition coefficient (Wildman–Crippen LogP) is 1.47. The van der Waals surface area contributed by atoms with Crippen LogP contribution in [-0.4, -0.2) is 65.6 Å². The summed E-state index contributed by atoms with van der Waals surface area (Å²) in [5.41, 5.74) is -7.72. The number of pyridine rings is 1. The van der Waals surface area contributed by atoms with Crippen molar-refractivity contribution in [3.63, 3.8) is 0 Å². The number of thioether (sulfide) groups is 1. The molecule has 0 aliphatic carbocycles. The molecule has 8 nitrogen and oxygen atoms in total. The number of benzene rings is 1. The van der Waals surface area contributed by atoms with Crippen LogP contribution >= 0.6 is 11.8 Å². The van der Waals surface area contributed by atoms with Gasteiger partial charge in [0.1, 0.15) is 5.75 Å². The number of carbonyl (C=O) groups excluding carboxylic acids is 3. The first-order chi connectivity index (χ1) is 14.9. The first kappa shape index (κ1) is 24.1. The lowest BCUT2D eigenvalue weighted by molar-refractivity contribution is -0.235. The molecule has 0 unspecified atom stereocenters. The van der Waals surface area contributed by atoms with Crippen LogP contribution in [0, 0.1) is 6.92 Å². The fraction of sp³-hybridized carbons (Fsp3) is 0.391. The number of hydrogen-bond acceptors (Lipinski definition) is 9. The number of hydrogen-bond donors (Lipinski definition) is 3. The van der Waals surface area contributed by atoms with Crippen molar-refractivity contribution in [3.8, 4) is 16.9 Å². The van der Waals surface area contributed by atoms with E-state index in [-0.39, 0.29) is 5.75 Å². The van der Waals surface area contributed by atoms with Crippen molar-refractivity contribution in [1.82, 2.24) is 4.98 Å². The van der Waals surface area contributed by atoms with Gasteiger partial charge in [-0.3, -0.25) is 19.4 Å². The van der Waals surface area contributed by atoms with Crippen molar-refractivity contribution in [1.29, 1.82) is 0 Å². The van der Waals surface area contributed by atoms with Crippen LogP contribution in [0.4, 0.5) is 0 Å². The van der Waals surface area contributed by atoms with Crippen LogP contribution < -0.4 is 4.74 Å². The monoisotopic (exact) mass is 459 g/mol. The Morgan fingerprint density at radius 1 is 1.03 bits per heavy atom. The van der Waals surface area contributed by atoms with Gasteiger partial charge >= 0.3 is 0 Å². The average molecular weight is 460 g/mol. The summed E-state index contributed by atoms with van der Waals surface area (Å²) >= 11 is 0.765. The Morgan fingerprint density at radius 3 is 2.28 bits per heavy atom. The second-order valence-electron chi connectivity index (χ2n) is 7.93. The molecular weight excluding hydrogens is 434 g/mol. The van der Waals surface area contributed by atoms with E-state index in [1.165, 1.54) is 0 Å². The Labute approximate surface area is 189 Å². The van der Waals surface area contributed by atoms with Gasteiger partial charge in [0.25, 0.3) is 0 Å². The van der Waals surface area contributed by atoms with E-state index in [1.54, 1.807) is 30.5 Å². The quantitative estimate of drug-likeness (QED) is 0.587. The van der Waals surface area contributed by atoms with Crippen molar-refractivity contribution >= 4 is 29.1 Å². The zero-order valence-corrected chi connectivity index (χ0v) is 19.0. The van der Waals surface area contributed by atoms with Gasteiger partial charge in [0, 0.05) is 23.2 Å². The molecule has 0 bridgehead atoms. The van der Waals surface area contributed by atoms with Crippen LogP contribution in [0.2, 0.25) is 0 Å². The number of aryl methyl sites for hydroxylation is 1. The van der Waals surface area contributed by atoms with Crippen molar-refractivity contribution in [2.75, 3.05) is 5.75 Å². The van der Waals surface area contributed by atoms with E-state index in [2.05, 4.69) is 4.98 Å². The molecule has 3 rings (SSSR count). The standard InChI is InChI=1S/C23H25NO7S/c1-13-19(9-6-10-24-13)17-7-5-8-18(11-17)31-20-22(29,15(3)26)23(30,16(4)27)21(28,12-32-20)14(2)25/h5-11,20,28-30H,12H2,1-4H3/t20-,21-,22-,23-/m0/s1. The van der Waals surface area contributed by atoms with Crippen LogP contribution in [0.3, 0.4) is 0 Å². The normalized spacial score (nSPS) is 29.9. The molecule has 1 aromatic heterocycles. The van der Waals surface area contributed by atoms with Gasteiger partial charge in [0.05, 0.1) is 0 Å². The fourth-order valence-electron chi connectivity index (χ4n) is 4.01. The van der Waals surface area contributed by atoms with Crippen molar-refractivity contribution in [2.24, 2.45) is 0 Å². The van der Waals surface area contributed by atoms with Crippen LogP contribution in [0.1, 0.15) is 26.5 Å². The van der Waals surface area contributed by atoms with Gasteiger partial charge in [0.15, 0.2) is 34.0 Å². The maximum Gasteiger partial charge on any atom is 0.208 e. The maximum atomic E-state index is 12.6. The summed E-state index contributed by atoms with van der Waals surface area (Å²) < 4.78 is 5.89. The van der Waals surface area contributed by atoms with Gasteiger partial charge < -0.3 is 20.1 Å². The summed E-state index contributed by atoms with van der Waals surface area (Å²) in [5, 5.41) is 33.6. The number of nitrogens with zero attached hydrogens (tertiary/aromatic N) is 1. The zero-order valence-electron chi connectivity index (χ0n) is 18.2. The van der Waals surface area contributed by atoms with Gasteiger partial charge in [-0.1, -0.05) is 18.2 Å². The van der Waals surface area contributed by atoms with Crippen LogP contribution in [0.5, 0.6) is 5.75 Å². The van der Waals surface area contributed by atoms with Crippen molar-refractivity contribution in [2.45, 2.75) is 49.9 Å². The highest BCUT2D eigenvalue weighted by atomic mass is 32.2. The van der Waals surface area contributed by atoms with Gasteiger partial charge in [-0.2, -0.15) is 0 Å². The molecule has 1 fully saturated rings. The fourth-order valence-corrected chi connectivity index (χ4v) is 5.57. The summed E-state index contributed by atoms with van der Waals surface area (Å²) in [5.74, 6) is -3.30. The average Bonchev–Trinajstić information content (AvgIpc) is 2.74. The maximum absolute atomic E-state index is 12.6. The molecule has 1 aliphatic rings. The molecule has 9 heteroatoms. The summed E-state index contributed by atoms with van der Waals surface area (Å²) in [7, 11) is 0. The molecule has 170 valence electrons. The lowest BCUT2D eigenvalue weighted by Gasteiger charge is -2.54. The number of ketones is 3. The van der Waals surface area contributed by atoms with Crippen LogP contribution in [0.25, 0.3) is 11.1 Å². The number of rotatable bonds is 6. The third kappa shape index (κ3) is 3.45. The molecule has 2 heterocycles. The molecule has 2 aromatic rings. The summed E-state index contributed by atoms with van der Waals surface area (Å²) in [6.45, 7) is 4.70. The molecule has 0 saturated carbocycles. The highest BCUT2D eigenvalue weighted by Gasteiger charge is 2.75. The summed E-state index contributed by atoms with van der Waals surface area (Å²) in [6, 6.07) is 10.5. The first-order valence-electron chi connectivity index (χ1n) is 9.90. The molecular formula is C23H25NO7S. The minimum atomic E-state index is -3.09. The topological polar surface area (TPSA) is 134 Å². The Morgan fingerprint density at radius 2 is 1.72 bits per heavy atom. The van der Waals surface area contributed by atoms with E-state index in [0.717, 1.165) is 49.4 Å². The molecule has 4 atom stereocenters.